The Morgan fingerprint density at radius 1 is 0.861 bits per heavy atom. The van der Waals surface area contributed by atoms with Gasteiger partial charge >= 0.3 is 5.97 Å². The number of phenols is 1. The summed E-state index contributed by atoms with van der Waals surface area (Å²) in [5, 5.41) is 24.6. The summed E-state index contributed by atoms with van der Waals surface area (Å²) in [6, 6.07) is 24.7. The molecule has 0 aromatic heterocycles. The standard InChI is InChI=1S/C29H23N3O4/c1-17-13-14-21(15-18(17)2)32-25-12-4-3-9-23(25)26(28(32)34)31-30-24-11-6-10-22(27(24)33)19-7-5-8-20(16-19)29(35)36/h3-16,30,33H,1-2H3,(H,35,36). The van der Waals surface area contributed by atoms with Crippen molar-refractivity contribution in [1.82, 2.24) is 0 Å². The fourth-order valence-corrected chi connectivity index (χ4v) is 4.23. The third kappa shape index (κ3) is 3.96. The molecule has 1 aliphatic heterocycles. The predicted molar refractivity (Wildman–Crippen MR) is 140 cm³/mol. The number of aromatic carboxylic acids is 1. The van der Waals surface area contributed by atoms with Crippen LogP contribution in [0.25, 0.3) is 11.1 Å². The Balaban J connectivity index is 1.51. The van der Waals surface area contributed by atoms with Crippen LogP contribution in [0.4, 0.5) is 17.1 Å². The molecule has 0 spiro atoms. The van der Waals surface area contributed by atoms with Gasteiger partial charge in [-0.05, 0) is 66.9 Å². The second-order valence-electron chi connectivity index (χ2n) is 8.59. The number of nitrogens with zero attached hydrogens (tertiary/aromatic N) is 2. The number of aryl methyl sites for hydroxylation is 2. The molecule has 0 radical (unpaired) electrons. The molecule has 0 fully saturated rings. The van der Waals surface area contributed by atoms with Crippen LogP contribution >= 0.6 is 0 Å². The van der Waals surface area contributed by atoms with Crippen molar-refractivity contribution in [3.8, 4) is 16.9 Å². The Hall–Kier alpha value is -4.91. The zero-order valence-electron chi connectivity index (χ0n) is 19.7. The number of hydrazone groups is 1. The lowest BCUT2D eigenvalue weighted by molar-refractivity contribution is -0.111. The van der Waals surface area contributed by atoms with Crippen LogP contribution in [0.15, 0.2) is 90.0 Å². The highest BCUT2D eigenvalue weighted by Gasteiger charge is 2.35. The van der Waals surface area contributed by atoms with E-state index in [9.17, 15) is 19.8 Å². The first kappa shape index (κ1) is 22.9. The Morgan fingerprint density at radius 2 is 1.61 bits per heavy atom. The average molecular weight is 478 g/mol. The summed E-state index contributed by atoms with van der Waals surface area (Å²) in [6.45, 7) is 4.03. The van der Waals surface area contributed by atoms with Crippen molar-refractivity contribution >= 4 is 34.7 Å². The summed E-state index contributed by atoms with van der Waals surface area (Å²) in [6.07, 6.45) is 0. The molecular formula is C29H23N3O4. The second-order valence-corrected chi connectivity index (χ2v) is 8.59. The highest BCUT2D eigenvalue weighted by atomic mass is 16.4. The minimum atomic E-state index is -1.05. The number of hydrogen-bond acceptors (Lipinski definition) is 5. The van der Waals surface area contributed by atoms with Gasteiger partial charge in [0.1, 0.15) is 5.75 Å². The molecule has 7 nitrogen and oxygen atoms in total. The van der Waals surface area contributed by atoms with E-state index >= 15 is 0 Å². The lowest BCUT2D eigenvalue weighted by Crippen LogP contribution is -2.26. The first-order valence-electron chi connectivity index (χ1n) is 11.4. The summed E-state index contributed by atoms with van der Waals surface area (Å²) in [7, 11) is 0. The summed E-state index contributed by atoms with van der Waals surface area (Å²) >= 11 is 0. The zero-order chi connectivity index (χ0) is 25.4. The van der Waals surface area contributed by atoms with Crippen LogP contribution in [0, 0.1) is 13.8 Å². The molecular weight excluding hydrogens is 454 g/mol. The number of para-hydroxylation sites is 2. The predicted octanol–water partition coefficient (Wildman–Crippen LogP) is 5.87. The van der Waals surface area contributed by atoms with Gasteiger partial charge in [0.15, 0.2) is 5.71 Å². The summed E-state index contributed by atoms with van der Waals surface area (Å²) in [5.74, 6) is -1.44. The third-order valence-electron chi connectivity index (χ3n) is 6.30. The molecule has 7 heteroatoms. The van der Waals surface area contributed by atoms with Gasteiger partial charge in [0.25, 0.3) is 5.91 Å². The van der Waals surface area contributed by atoms with Crippen LogP contribution in [0.2, 0.25) is 0 Å². The Morgan fingerprint density at radius 3 is 2.39 bits per heavy atom. The monoisotopic (exact) mass is 477 g/mol. The molecule has 178 valence electrons. The number of hydrogen-bond donors (Lipinski definition) is 3. The van der Waals surface area contributed by atoms with E-state index in [-0.39, 0.29) is 28.6 Å². The van der Waals surface area contributed by atoms with Crippen molar-refractivity contribution in [2.75, 3.05) is 10.3 Å². The summed E-state index contributed by atoms with van der Waals surface area (Å²) < 4.78 is 0. The molecule has 1 amide bonds. The lowest BCUT2D eigenvalue weighted by atomic mass is 10.0. The average Bonchev–Trinajstić information content (AvgIpc) is 3.16. The number of anilines is 3. The molecule has 1 aliphatic rings. The van der Waals surface area contributed by atoms with Crippen molar-refractivity contribution in [2.45, 2.75) is 13.8 Å². The maximum Gasteiger partial charge on any atom is 0.335 e. The van der Waals surface area contributed by atoms with Gasteiger partial charge in [-0.3, -0.25) is 15.1 Å². The van der Waals surface area contributed by atoms with E-state index in [1.54, 1.807) is 35.2 Å². The van der Waals surface area contributed by atoms with Crippen LogP contribution < -0.4 is 10.3 Å². The van der Waals surface area contributed by atoms with E-state index in [0.717, 1.165) is 22.5 Å². The minimum Gasteiger partial charge on any atom is -0.505 e. The molecule has 0 aliphatic carbocycles. The first-order chi connectivity index (χ1) is 17.3. The van der Waals surface area contributed by atoms with Gasteiger partial charge in [-0.2, -0.15) is 5.10 Å². The van der Waals surface area contributed by atoms with Gasteiger partial charge in [0, 0.05) is 16.8 Å². The maximum atomic E-state index is 13.5. The van der Waals surface area contributed by atoms with E-state index in [4.69, 9.17) is 0 Å². The highest BCUT2D eigenvalue weighted by molar-refractivity contribution is 6.55. The fraction of sp³-hybridized carbons (Fsp3) is 0.0690. The van der Waals surface area contributed by atoms with Crippen molar-refractivity contribution < 1.29 is 19.8 Å². The number of carbonyl (C=O) groups excluding carboxylic acids is 1. The number of nitrogens with one attached hydrogen (secondary N) is 1. The number of amides is 1. The quantitative estimate of drug-likeness (QED) is 0.246. The molecule has 0 unspecified atom stereocenters. The Labute approximate surface area is 208 Å². The van der Waals surface area contributed by atoms with E-state index in [0.29, 0.717) is 16.7 Å². The second kappa shape index (κ2) is 9.03. The van der Waals surface area contributed by atoms with E-state index in [2.05, 4.69) is 10.5 Å². The fourth-order valence-electron chi connectivity index (χ4n) is 4.23. The zero-order valence-corrected chi connectivity index (χ0v) is 19.7. The highest BCUT2D eigenvalue weighted by Crippen LogP contribution is 2.38. The van der Waals surface area contributed by atoms with Gasteiger partial charge < -0.3 is 10.2 Å². The van der Waals surface area contributed by atoms with Crippen LogP contribution in [0.1, 0.15) is 27.0 Å². The summed E-state index contributed by atoms with van der Waals surface area (Å²) in [4.78, 5) is 26.5. The van der Waals surface area contributed by atoms with Gasteiger partial charge in [-0.15, -0.1) is 0 Å². The number of carboxylic acid groups (broad SMARTS) is 1. The number of benzene rings is 4. The number of aromatic hydroxyl groups is 1. The smallest absolute Gasteiger partial charge is 0.335 e. The molecule has 0 atom stereocenters. The van der Waals surface area contributed by atoms with Gasteiger partial charge in [0.05, 0.1) is 16.9 Å². The van der Waals surface area contributed by atoms with Crippen molar-refractivity contribution in [1.29, 1.82) is 0 Å². The van der Waals surface area contributed by atoms with Gasteiger partial charge in [0.2, 0.25) is 0 Å². The number of carbonyl (C=O) groups is 2. The first-order valence-corrected chi connectivity index (χ1v) is 11.4. The van der Waals surface area contributed by atoms with Crippen molar-refractivity contribution in [3.63, 3.8) is 0 Å². The van der Waals surface area contributed by atoms with E-state index in [1.165, 1.54) is 12.1 Å². The number of rotatable bonds is 5. The van der Waals surface area contributed by atoms with E-state index < -0.39 is 5.97 Å². The SMILES string of the molecule is Cc1ccc(N2C(=O)C(=NNc3cccc(-c4cccc(C(=O)O)c4)c3O)c3ccccc32)cc1C. The van der Waals surface area contributed by atoms with Gasteiger partial charge in [-0.1, -0.05) is 48.5 Å². The van der Waals surface area contributed by atoms with Crippen molar-refractivity contribution in [2.24, 2.45) is 5.10 Å². The normalized spacial score (nSPS) is 13.7. The molecule has 1 heterocycles. The van der Waals surface area contributed by atoms with Crippen LogP contribution in [-0.2, 0) is 4.79 Å². The van der Waals surface area contributed by atoms with Crippen molar-refractivity contribution in [3.05, 3.63) is 107 Å². The molecule has 4 aromatic rings. The minimum absolute atomic E-state index is 0.103. The Kier molecular flexibility index (Phi) is 5.74. The molecule has 0 bridgehead atoms. The molecule has 5 rings (SSSR count). The largest absolute Gasteiger partial charge is 0.505 e. The maximum absolute atomic E-state index is 13.5. The van der Waals surface area contributed by atoms with Crippen LogP contribution in [-0.4, -0.2) is 27.8 Å². The third-order valence-corrected chi connectivity index (χ3v) is 6.30. The number of phenolic OH excluding ortho intramolecular Hbond substituents is 1. The lowest BCUT2D eigenvalue weighted by Gasteiger charge is -2.18. The molecule has 0 saturated heterocycles. The number of fused-ring (bicyclic) bond motifs is 1. The van der Waals surface area contributed by atoms with Crippen LogP contribution in [0.5, 0.6) is 5.75 Å². The molecule has 3 N–H and O–H groups in total. The van der Waals surface area contributed by atoms with Crippen LogP contribution in [0.3, 0.4) is 0 Å². The van der Waals surface area contributed by atoms with E-state index in [1.807, 2.05) is 56.3 Å². The molecule has 0 saturated carbocycles. The summed E-state index contributed by atoms with van der Waals surface area (Å²) in [5.41, 5.74) is 8.84. The molecule has 36 heavy (non-hydrogen) atoms. The number of carboxylic acids is 1. The Bertz CT molecular complexity index is 1560. The van der Waals surface area contributed by atoms with Gasteiger partial charge in [-0.25, -0.2) is 4.79 Å². The molecule has 4 aromatic carbocycles. The topological polar surface area (TPSA) is 102 Å².